The molecule has 0 saturated carbocycles. The fraction of sp³-hybridized carbons (Fsp3) is 0.235. The molecule has 2 aromatic rings. The van der Waals surface area contributed by atoms with Crippen LogP contribution in [0.4, 0.5) is 4.39 Å². The SMILES string of the molecule is CNC(C)c1cccc(OCc2cc(F)cc(C#N)c2)c1. The lowest BCUT2D eigenvalue weighted by Crippen LogP contribution is -2.12. The molecule has 0 fully saturated rings. The van der Waals surface area contributed by atoms with Crippen LogP contribution < -0.4 is 10.1 Å². The quantitative estimate of drug-likeness (QED) is 0.913. The van der Waals surface area contributed by atoms with Crippen molar-refractivity contribution >= 4 is 0 Å². The average molecular weight is 284 g/mol. The van der Waals surface area contributed by atoms with Gasteiger partial charge in [0.25, 0.3) is 0 Å². The Morgan fingerprint density at radius 2 is 2.10 bits per heavy atom. The molecule has 1 unspecified atom stereocenters. The average Bonchev–Trinajstić information content (AvgIpc) is 2.51. The zero-order chi connectivity index (χ0) is 15.2. The Labute approximate surface area is 124 Å². The summed E-state index contributed by atoms with van der Waals surface area (Å²) in [6.07, 6.45) is 0. The molecule has 0 heterocycles. The molecular weight excluding hydrogens is 267 g/mol. The van der Waals surface area contributed by atoms with Crippen molar-refractivity contribution in [2.75, 3.05) is 7.05 Å². The monoisotopic (exact) mass is 284 g/mol. The molecule has 3 nitrogen and oxygen atoms in total. The predicted octanol–water partition coefficient (Wildman–Crippen LogP) is 3.56. The largest absolute Gasteiger partial charge is 0.489 e. The normalized spacial score (nSPS) is 11.7. The van der Waals surface area contributed by atoms with E-state index in [1.807, 2.05) is 37.4 Å². The van der Waals surface area contributed by atoms with Crippen LogP contribution in [-0.2, 0) is 6.61 Å². The first-order valence-corrected chi connectivity index (χ1v) is 6.72. The second-order valence-corrected chi connectivity index (χ2v) is 4.83. The van der Waals surface area contributed by atoms with Gasteiger partial charge in [-0.1, -0.05) is 12.1 Å². The Kier molecular flexibility index (Phi) is 4.91. The first-order chi connectivity index (χ1) is 10.1. The van der Waals surface area contributed by atoms with Crippen molar-refractivity contribution in [3.8, 4) is 11.8 Å². The molecule has 0 bridgehead atoms. The van der Waals surface area contributed by atoms with E-state index in [1.165, 1.54) is 12.1 Å². The van der Waals surface area contributed by atoms with E-state index >= 15 is 0 Å². The Morgan fingerprint density at radius 3 is 2.81 bits per heavy atom. The lowest BCUT2D eigenvalue weighted by Gasteiger charge is -2.13. The zero-order valence-electron chi connectivity index (χ0n) is 12.1. The highest BCUT2D eigenvalue weighted by atomic mass is 19.1. The minimum atomic E-state index is -0.426. The van der Waals surface area contributed by atoms with Gasteiger partial charge in [0.05, 0.1) is 11.6 Å². The third-order valence-electron chi connectivity index (χ3n) is 3.28. The van der Waals surface area contributed by atoms with Crippen molar-refractivity contribution < 1.29 is 9.13 Å². The van der Waals surface area contributed by atoms with Crippen molar-refractivity contribution in [1.82, 2.24) is 5.32 Å². The van der Waals surface area contributed by atoms with Gasteiger partial charge in [0.1, 0.15) is 18.2 Å². The highest BCUT2D eigenvalue weighted by Crippen LogP contribution is 2.20. The van der Waals surface area contributed by atoms with Crippen LogP contribution in [0.2, 0.25) is 0 Å². The topological polar surface area (TPSA) is 45.0 Å². The summed E-state index contributed by atoms with van der Waals surface area (Å²) in [4.78, 5) is 0. The number of ether oxygens (including phenoxy) is 1. The summed E-state index contributed by atoms with van der Waals surface area (Å²) in [6, 6.07) is 14.1. The van der Waals surface area contributed by atoms with E-state index in [0.29, 0.717) is 11.1 Å². The molecule has 2 aromatic carbocycles. The van der Waals surface area contributed by atoms with Gasteiger partial charge in [-0.3, -0.25) is 0 Å². The van der Waals surface area contributed by atoms with Crippen LogP contribution >= 0.6 is 0 Å². The number of nitriles is 1. The van der Waals surface area contributed by atoms with Crippen LogP contribution in [0.15, 0.2) is 42.5 Å². The molecule has 1 atom stereocenters. The van der Waals surface area contributed by atoms with Crippen LogP contribution in [-0.4, -0.2) is 7.05 Å². The highest BCUT2D eigenvalue weighted by molar-refractivity contribution is 5.34. The van der Waals surface area contributed by atoms with Gasteiger partial charge in [0.2, 0.25) is 0 Å². The molecular formula is C17H17FN2O. The van der Waals surface area contributed by atoms with E-state index in [2.05, 4.69) is 12.2 Å². The Bertz CT molecular complexity index is 664. The van der Waals surface area contributed by atoms with E-state index < -0.39 is 5.82 Å². The molecule has 0 aliphatic carbocycles. The van der Waals surface area contributed by atoms with Gasteiger partial charge in [0, 0.05) is 6.04 Å². The maximum absolute atomic E-state index is 13.3. The summed E-state index contributed by atoms with van der Waals surface area (Å²) in [7, 11) is 1.90. The van der Waals surface area contributed by atoms with Crippen molar-refractivity contribution in [2.45, 2.75) is 19.6 Å². The lowest BCUT2D eigenvalue weighted by atomic mass is 10.1. The molecule has 0 aliphatic rings. The number of rotatable bonds is 5. The van der Waals surface area contributed by atoms with E-state index in [-0.39, 0.29) is 12.6 Å². The molecule has 0 spiro atoms. The van der Waals surface area contributed by atoms with E-state index in [4.69, 9.17) is 10.00 Å². The second-order valence-electron chi connectivity index (χ2n) is 4.83. The summed E-state index contributed by atoms with van der Waals surface area (Å²) < 4.78 is 19.0. The van der Waals surface area contributed by atoms with Crippen LogP contribution in [0.25, 0.3) is 0 Å². The van der Waals surface area contributed by atoms with Crippen molar-refractivity contribution in [2.24, 2.45) is 0 Å². The third-order valence-corrected chi connectivity index (χ3v) is 3.28. The number of halogens is 1. The van der Waals surface area contributed by atoms with Gasteiger partial charge in [-0.15, -0.1) is 0 Å². The van der Waals surface area contributed by atoms with Crippen LogP contribution in [0.5, 0.6) is 5.75 Å². The Hall–Kier alpha value is -2.38. The number of benzene rings is 2. The van der Waals surface area contributed by atoms with Gasteiger partial charge in [-0.05, 0) is 55.4 Å². The smallest absolute Gasteiger partial charge is 0.124 e. The molecule has 2 rings (SSSR count). The summed E-state index contributed by atoms with van der Waals surface area (Å²) in [5.74, 6) is 0.294. The van der Waals surface area contributed by atoms with Gasteiger partial charge >= 0.3 is 0 Å². The molecule has 0 saturated heterocycles. The van der Waals surface area contributed by atoms with Gasteiger partial charge in [0.15, 0.2) is 0 Å². The predicted molar refractivity (Wildman–Crippen MR) is 79.4 cm³/mol. The van der Waals surface area contributed by atoms with Crippen molar-refractivity contribution in [3.63, 3.8) is 0 Å². The molecule has 108 valence electrons. The summed E-state index contributed by atoms with van der Waals surface area (Å²) in [5.41, 5.74) is 2.05. The Balaban J connectivity index is 2.10. The van der Waals surface area contributed by atoms with E-state index in [0.717, 1.165) is 11.3 Å². The Morgan fingerprint density at radius 1 is 1.29 bits per heavy atom. The number of hydrogen-bond acceptors (Lipinski definition) is 3. The van der Waals surface area contributed by atoms with Crippen molar-refractivity contribution in [3.05, 3.63) is 65.0 Å². The first-order valence-electron chi connectivity index (χ1n) is 6.72. The van der Waals surface area contributed by atoms with Crippen molar-refractivity contribution in [1.29, 1.82) is 5.26 Å². The van der Waals surface area contributed by atoms with Crippen LogP contribution in [0.1, 0.15) is 29.7 Å². The maximum atomic E-state index is 13.3. The summed E-state index contributed by atoms with van der Waals surface area (Å²) in [6.45, 7) is 2.29. The molecule has 0 aliphatic heterocycles. The van der Waals surface area contributed by atoms with Gasteiger partial charge in [-0.25, -0.2) is 4.39 Å². The third kappa shape index (κ3) is 4.04. The van der Waals surface area contributed by atoms with E-state index in [1.54, 1.807) is 6.07 Å². The number of nitrogens with zero attached hydrogens (tertiary/aromatic N) is 1. The zero-order valence-corrected chi connectivity index (χ0v) is 12.1. The minimum Gasteiger partial charge on any atom is -0.489 e. The fourth-order valence-electron chi connectivity index (χ4n) is 2.01. The fourth-order valence-corrected chi connectivity index (χ4v) is 2.01. The molecule has 0 radical (unpaired) electrons. The molecule has 1 N–H and O–H groups in total. The number of nitrogens with one attached hydrogen (secondary N) is 1. The summed E-state index contributed by atoms with van der Waals surface area (Å²) in [5, 5.41) is 12.0. The lowest BCUT2D eigenvalue weighted by molar-refractivity contribution is 0.305. The van der Waals surface area contributed by atoms with Gasteiger partial charge in [-0.2, -0.15) is 5.26 Å². The first kappa shape index (κ1) is 15.0. The summed E-state index contributed by atoms with van der Waals surface area (Å²) >= 11 is 0. The standard InChI is InChI=1S/C17H17FN2O/c1-12(20-2)15-4-3-5-17(9-15)21-11-14-6-13(10-19)7-16(18)8-14/h3-9,12,20H,11H2,1-2H3. The van der Waals surface area contributed by atoms with Gasteiger partial charge < -0.3 is 10.1 Å². The molecule has 0 amide bonds. The minimum absolute atomic E-state index is 0.226. The molecule has 21 heavy (non-hydrogen) atoms. The van der Waals surface area contributed by atoms with Crippen LogP contribution in [0, 0.1) is 17.1 Å². The molecule has 4 heteroatoms. The van der Waals surface area contributed by atoms with E-state index in [9.17, 15) is 4.39 Å². The highest BCUT2D eigenvalue weighted by Gasteiger charge is 2.05. The molecule has 0 aromatic heterocycles. The second kappa shape index (κ2) is 6.87. The number of hydrogen-bond donors (Lipinski definition) is 1. The maximum Gasteiger partial charge on any atom is 0.124 e. The van der Waals surface area contributed by atoms with Crippen LogP contribution in [0.3, 0.4) is 0 Å².